The van der Waals surface area contributed by atoms with Gasteiger partial charge in [-0.05, 0) is 94.2 Å². The van der Waals surface area contributed by atoms with Crippen LogP contribution in [0.5, 0.6) is 5.75 Å². The molecule has 0 saturated heterocycles. The Hall–Kier alpha value is -1.95. The Kier molecular flexibility index (Phi) is 20.1. The summed E-state index contributed by atoms with van der Waals surface area (Å²) in [7, 11) is 1.56. The maximum atomic E-state index is 13.5. The normalized spacial score (nSPS) is 12.2. The van der Waals surface area contributed by atoms with Gasteiger partial charge in [0, 0.05) is 19.2 Å². The maximum absolute atomic E-state index is 13.5. The molecule has 0 bridgehead atoms. The predicted molar refractivity (Wildman–Crippen MR) is 163 cm³/mol. The van der Waals surface area contributed by atoms with Gasteiger partial charge in [-0.2, -0.15) is 0 Å². The van der Waals surface area contributed by atoms with E-state index in [2.05, 4.69) is 52.1 Å². The van der Waals surface area contributed by atoms with E-state index in [1.165, 1.54) is 16.7 Å². The first-order valence-corrected chi connectivity index (χ1v) is 13.9. The summed E-state index contributed by atoms with van der Waals surface area (Å²) in [4.78, 5) is 0. The molecular weight excluding hydrogens is 477 g/mol. The molecule has 5 heteroatoms. The topological polar surface area (TPSA) is 50.7 Å². The molecule has 0 fully saturated rings. The molecule has 0 aliphatic rings. The van der Waals surface area contributed by atoms with E-state index in [1.54, 1.807) is 26.2 Å². The van der Waals surface area contributed by atoms with Gasteiger partial charge < -0.3 is 19.9 Å². The van der Waals surface area contributed by atoms with Gasteiger partial charge in [-0.3, -0.25) is 0 Å². The number of benzene rings is 2. The molecule has 0 amide bonds. The number of methoxy groups -OCH3 is 1. The molecule has 1 unspecified atom stereocenters. The molecule has 0 heterocycles. The number of aliphatic hydroxyl groups is 1. The molecule has 2 rings (SSSR count). The Balaban J connectivity index is 0. The summed E-state index contributed by atoms with van der Waals surface area (Å²) >= 11 is 0. The molecule has 0 aromatic heterocycles. The van der Waals surface area contributed by atoms with Crippen molar-refractivity contribution < 1.29 is 19.0 Å². The molecule has 2 N–H and O–H groups in total. The summed E-state index contributed by atoms with van der Waals surface area (Å²) in [5.41, 5.74) is 5.46. The van der Waals surface area contributed by atoms with Crippen molar-refractivity contribution in [2.45, 2.75) is 120 Å². The monoisotopic (exact) mass is 535 g/mol. The van der Waals surface area contributed by atoms with Gasteiger partial charge in [-0.1, -0.05) is 66.3 Å². The number of nitrogens with one attached hydrogen (secondary N) is 1. The lowest BCUT2D eigenvalue weighted by atomic mass is 9.94. The zero-order valence-corrected chi connectivity index (χ0v) is 25.4. The van der Waals surface area contributed by atoms with Gasteiger partial charge in [0.05, 0.1) is 18.8 Å². The van der Waals surface area contributed by atoms with Crippen LogP contribution in [0.1, 0.15) is 97.1 Å². The molecule has 0 radical (unpaired) electrons. The Bertz CT molecular complexity index is 898. The van der Waals surface area contributed by atoms with Crippen molar-refractivity contribution >= 4 is 0 Å². The SMILES string of the molecule is C.CC.CCc1ccc(C)c(OC(C)CC)c1CC.COC[C@H](O)CNC(C)(C)Cc1ccc(C)c(F)c1. The van der Waals surface area contributed by atoms with E-state index in [0.29, 0.717) is 31.2 Å². The fourth-order valence-electron chi connectivity index (χ4n) is 3.92. The first-order chi connectivity index (χ1) is 17.5. The summed E-state index contributed by atoms with van der Waals surface area (Å²) in [6.45, 7) is 21.4. The second-order valence-electron chi connectivity index (χ2n) is 10.0. The quantitative estimate of drug-likeness (QED) is 0.289. The molecule has 2 aromatic carbocycles. The standard InChI is InChI=1S/C15H24FNO2.C15H24O.C2H6.CH4/c1-11-5-6-12(7-14(11)16)8-15(2,3)17-9-13(18)10-19-4;1-6-12(5)16-15-11(4)9-10-13(7-2)14(15)8-3;1-2;/h5-7,13,17-18H,8-10H2,1-4H3;9-10,12H,6-8H2,1-5H3;1-2H3;1H4/t13-;;;/m1.../s1. The van der Waals surface area contributed by atoms with Crippen LogP contribution in [-0.4, -0.2) is 43.1 Å². The van der Waals surface area contributed by atoms with Crippen LogP contribution in [0.2, 0.25) is 0 Å². The van der Waals surface area contributed by atoms with Crippen molar-refractivity contribution in [3.63, 3.8) is 0 Å². The van der Waals surface area contributed by atoms with Crippen LogP contribution in [0.3, 0.4) is 0 Å². The van der Waals surface area contributed by atoms with E-state index in [-0.39, 0.29) is 18.8 Å². The highest BCUT2D eigenvalue weighted by Gasteiger charge is 2.19. The van der Waals surface area contributed by atoms with E-state index >= 15 is 0 Å². The Morgan fingerprint density at radius 2 is 1.61 bits per heavy atom. The van der Waals surface area contributed by atoms with Gasteiger partial charge >= 0.3 is 0 Å². The first-order valence-electron chi connectivity index (χ1n) is 13.9. The van der Waals surface area contributed by atoms with Crippen LogP contribution in [0.4, 0.5) is 4.39 Å². The van der Waals surface area contributed by atoms with Gasteiger partial charge in [0.25, 0.3) is 0 Å². The van der Waals surface area contributed by atoms with Gasteiger partial charge in [0.1, 0.15) is 11.6 Å². The van der Waals surface area contributed by atoms with E-state index in [0.717, 1.165) is 30.6 Å². The average molecular weight is 536 g/mol. The number of β-amino-alcohol motifs (C(OH)–C–C–N with tert-alkyl or cyclic N) is 1. The minimum Gasteiger partial charge on any atom is -0.490 e. The van der Waals surface area contributed by atoms with E-state index in [1.807, 2.05) is 33.8 Å². The van der Waals surface area contributed by atoms with E-state index in [9.17, 15) is 9.50 Å². The predicted octanol–water partition coefficient (Wildman–Crippen LogP) is 8.01. The van der Waals surface area contributed by atoms with Gasteiger partial charge in [0.2, 0.25) is 0 Å². The minimum absolute atomic E-state index is 0. The highest BCUT2D eigenvalue weighted by Crippen LogP contribution is 2.29. The molecule has 220 valence electrons. The zero-order valence-electron chi connectivity index (χ0n) is 25.4. The molecule has 0 aliphatic heterocycles. The molecule has 38 heavy (non-hydrogen) atoms. The Labute approximate surface area is 234 Å². The Morgan fingerprint density at radius 1 is 1.00 bits per heavy atom. The summed E-state index contributed by atoms with van der Waals surface area (Å²) in [6.07, 6.45) is 3.66. The second kappa shape index (κ2) is 20.0. The van der Waals surface area contributed by atoms with Crippen molar-refractivity contribution in [1.29, 1.82) is 0 Å². The van der Waals surface area contributed by atoms with Crippen molar-refractivity contribution in [2.24, 2.45) is 0 Å². The van der Waals surface area contributed by atoms with Crippen LogP contribution in [0, 0.1) is 19.7 Å². The number of hydrogen-bond acceptors (Lipinski definition) is 4. The number of rotatable bonds is 12. The van der Waals surface area contributed by atoms with Crippen LogP contribution >= 0.6 is 0 Å². The smallest absolute Gasteiger partial charge is 0.126 e. The lowest BCUT2D eigenvalue weighted by Gasteiger charge is -2.28. The molecular formula is C33H58FNO3. The minimum atomic E-state index is -0.529. The lowest BCUT2D eigenvalue weighted by molar-refractivity contribution is 0.0598. The summed E-state index contributed by atoms with van der Waals surface area (Å²) in [6, 6.07) is 9.71. The van der Waals surface area contributed by atoms with E-state index < -0.39 is 6.10 Å². The zero-order chi connectivity index (χ0) is 28.6. The highest BCUT2D eigenvalue weighted by atomic mass is 19.1. The van der Waals surface area contributed by atoms with E-state index in [4.69, 9.17) is 9.47 Å². The summed E-state index contributed by atoms with van der Waals surface area (Å²) in [5, 5.41) is 12.9. The number of ether oxygens (including phenoxy) is 2. The first kappa shape index (κ1) is 38.2. The van der Waals surface area contributed by atoms with Crippen molar-refractivity contribution in [3.8, 4) is 5.75 Å². The fourth-order valence-corrected chi connectivity index (χ4v) is 3.92. The van der Waals surface area contributed by atoms with Gasteiger partial charge in [-0.25, -0.2) is 4.39 Å². The summed E-state index contributed by atoms with van der Waals surface area (Å²) in [5.74, 6) is 0.948. The molecule has 0 saturated carbocycles. The van der Waals surface area contributed by atoms with Crippen LogP contribution < -0.4 is 10.1 Å². The maximum Gasteiger partial charge on any atom is 0.126 e. The molecule has 2 atom stereocenters. The molecule has 0 spiro atoms. The molecule has 0 aliphatic carbocycles. The number of aryl methyl sites for hydroxylation is 3. The van der Waals surface area contributed by atoms with Crippen LogP contribution in [-0.2, 0) is 24.0 Å². The Morgan fingerprint density at radius 3 is 2.11 bits per heavy atom. The highest BCUT2D eigenvalue weighted by molar-refractivity contribution is 5.46. The third-order valence-corrected chi connectivity index (χ3v) is 6.24. The van der Waals surface area contributed by atoms with Crippen molar-refractivity contribution in [3.05, 3.63) is 64.0 Å². The molecule has 4 nitrogen and oxygen atoms in total. The number of hydrogen-bond donors (Lipinski definition) is 2. The molecule has 2 aromatic rings. The van der Waals surface area contributed by atoms with Crippen molar-refractivity contribution in [1.82, 2.24) is 5.32 Å². The second-order valence-corrected chi connectivity index (χ2v) is 10.0. The van der Waals surface area contributed by atoms with Crippen LogP contribution in [0.25, 0.3) is 0 Å². The van der Waals surface area contributed by atoms with Gasteiger partial charge in [-0.15, -0.1) is 0 Å². The third-order valence-electron chi connectivity index (χ3n) is 6.24. The van der Waals surface area contributed by atoms with Gasteiger partial charge in [0.15, 0.2) is 0 Å². The lowest BCUT2D eigenvalue weighted by Crippen LogP contribution is -2.45. The summed E-state index contributed by atoms with van der Waals surface area (Å²) < 4.78 is 24.4. The van der Waals surface area contributed by atoms with Crippen LogP contribution in [0.15, 0.2) is 30.3 Å². The third kappa shape index (κ3) is 13.7. The number of halogens is 1. The van der Waals surface area contributed by atoms with Crippen molar-refractivity contribution in [2.75, 3.05) is 20.3 Å². The average Bonchev–Trinajstić information content (AvgIpc) is 2.87. The number of aliphatic hydroxyl groups excluding tert-OH is 1. The fraction of sp³-hybridized carbons (Fsp3) is 0.636. The largest absolute Gasteiger partial charge is 0.490 e.